The van der Waals surface area contributed by atoms with Crippen LogP contribution in [0.1, 0.15) is 19.4 Å². The molecular formula is C14H18ClN3O. The molecular weight excluding hydrogens is 262 g/mol. The lowest BCUT2D eigenvalue weighted by Crippen LogP contribution is -2.11. The number of rotatable bonds is 6. The van der Waals surface area contributed by atoms with Gasteiger partial charge in [-0.2, -0.15) is 5.10 Å². The molecule has 0 saturated heterocycles. The predicted molar refractivity (Wildman–Crippen MR) is 76.8 cm³/mol. The molecule has 0 aliphatic carbocycles. The Bertz CT molecular complexity index is 539. The fourth-order valence-electron chi connectivity index (χ4n) is 1.70. The molecule has 0 amide bonds. The van der Waals surface area contributed by atoms with Gasteiger partial charge in [0, 0.05) is 18.1 Å². The third-order valence-corrected chi connectivity index (χ3v) is 3.11. The van der Waals surface area contributed by atoms with Crippen LogP contribution in [0.25, 0.3) is 0 Å². The Morgan fingerprint density at radius 1 is 1.32 bits per heavy atom. The van der Waals surface area contributed by atoms with E-state index in [0.29, 0.717) is 5.02 Å². The highest BCUT2D eigenvalue weighted by Gasteiger charge is 2.05. The summed E-state index contributed by atoms with van der Waals surface area (Å²) in [5, 5.41) is 8.12. The molecule has 1 aromatic carbocycles. The van der Waals surface area contributed by atoms with E-state index in [1.165, 1.54) is 0 Å². The highest BCUT2D eigenvalue weighted by atomic mass is 35.5. The van der Waals surface area contributed by atoms with Crippen LogP contribution in [-0.2, 0) is 13.1 Å². The van der Waals surface area contributed by atoms with Gasteiger partial charge in [-0.1, -0.05) is 24.6 Å². The zero-order valence-electron chi connectivity index (χ0n) is 11.2. The number of nitrogens with zero attached hydrogens (tertiary/aromatic N) is 2. The summed E-state index contributed by atoms with van der Waals surface area (Å²) in [6.07, 6.45) is 3.56. The molecule has 0 atom stereocenters. The number of ether oxygens (including phenoxy) is 1. The molecule has 0 radical (unpaired) electrons. The van der Waals surface area contributed by atoms with Crippen molar-refractivity contribution in [1.29, 1.82) is 0 Å². The number of nitrogens with one attached hydrogen (secondary N) is 1. The molecule has 0 aliphatic rings. The van der Waals surface area contributed by atoms with Gasteiger partial charge in [-0.25, -0.2) is 0 Å². The lowest BCUT2D eigenvalue weighted by atomic mass is 10.2. The second-order valence-electron chi connectivity index (χ2n) is 4.17. The molecule has 0 unspecified atom stereocenters. The summed E-state index contributed by atoms with van der Waals surface area (Å²) < 4.78 is 7.53. The van der Waals surface area contributed by atoms with Crippen LogP contribution in [0.4, 0.5) is 0 Å². The predicted octanol–water partition coefficient (Wildman–Crippen LogP) is 3.46. The van der Waals surface area contributed by atoms with Gasteiger partial charge in [0.25, 0.3) is 0 Å². The Balaban J connectivity index is 2.06. The molecule has 4 nitrogen and oxygen atoms in total. The minimum Gasteiger partial charge on any atom is -0.454 e. The Morgan fingerprint density at radius 2 is 2.16 bits per heavy atom. The SMILES string of the molecule is CCNCc1ccc(Oc2cnn(CC)c2)cc1Cl. The normalized spacial score (nSPS) is 10.7. The van der Waals surface area contributed by atoms with E-state index in [-0.39, 0.29) is 0 Å². The average molecular weight is 280 g/mol. The zero-order valence-corrected chi connectivity index (χ0v) is 11.9. The number of aromatic nitrogens is 2. The third kappa shape index (κ3) is 3.72. The first-order valence-corrected chi connectivity index (χ1v) is 6.80. The third-order valence-electron chi connectivity index (χ3n) is 2.76. The molecule has 1 heterocycles. The lowest BCUT2D eigenvalue weighted by molar-refractivity contribution is 0.481. The maximum absolute atomic E-state index is 6.22. The van der Waals surface area contributed by atoms with E-state index in [0.717, 1.165) is 36.7 Å². The van der Waals surface area contributed by atoms with Gasteiger partial charge in [0.15, 0.2) is 5.75 Å². The quantitative estimate of drug-likeness (QED) is 0.880. The first-order valence-electron chi connectivity index (χ1n) is 6.42. The Labute approximate surface area is 118 Å². The largest absolute Gasteiger partial charge is 0.454 e. The zero-order chi connectivity index (χ0) is 13.7. The summed E-state index contributed by atoms with van der Waals surface area (Å²) in [4.78, 5) is 0. The maximum atomic E-state index is 6.22. The molecule has 0 aliphatic heterocycles. The topological polar surface area (TPSA) is 39.1 Å². The van der Waals surface area contributed by atoms with E-state index < -0.39 is 0 Å². The number of aryl methyl sites for hydroxylation is 1. The van der Waals surface area contributed by atoms with Crippen molar-refractivity contribution in [2.75, 3.05) is 6.54 Å². The van der Waals surface area contributed by atoms with Crippen LogP contribution in [0, 0.1) is 0 Å². The fraction of sp³-hybridized carbons (Fsp3) is 0.357. The highest BCUT2D eigenvalue weighted by molar-refractivity contribution is 6.31. The molecule has 2 aromatic rings. The van der Waals surface area contributed by atoms with Crippen LogP contribution in [0.15, 0.2) is 30.6 Å². The van der Waals surface area contributed by atoms with Gasteiger partial charge < -0.3 is 10.1 Å². The van der Waals surface area contributed by atoms with E-state index in [4.69, 9.17) is 16.3 Å². The fourth-order valence-corrected chi connectivity index (χ4v) is 1.94. The molecule has 0 bridgehead atoms. The van der Waals surface area contributed by atoms with Crippen molar-refractivity contribution in [1.82, 2.24) is 15.1 Å². The van der Waals surface area contributed by atoms with E-state index in [9.17, 15) is 0 Å². The van der Waals surface area contributed by atoms with E-state index in [1.54, 1.807) is 6.20 Å². The van der Waals surface area contributed by atoms with Gasteiger partial charge in [-0.15, -0.1) is 0 Å². The molecule has 0 fully saturated rings. The number of halogens is 1. The molecule has 1 N–H and O–H groups in total. The van der Waals surface area contributed by atoms with Crippen LogP contribution in [0.2, 0.25) is 5.02 Å². The number of hydrogen-bond acceptors (Lipinski definition) is 3. The summed E-state index contributed by atoms with van der Waals surface area (Å²) in [6.45, 7) is 6.61. The van der Waals surface area contributed by atoms with Gasteiger partial charge in [0.2, 0.25) is 0 Å². The van der Waals surface area contributed by atoms with Crippen molar-refractivity contribution in [3.63, 3.8) is 0 Å². The first-order chi connectivity index (χ1) is 9.22. The van der Waals surface area contributed by atoms with E-state index >= 15 is 0 Å². The number of hydrogen-bond donors (Lipinski definition) is 1. The Morgan fingerprint density at radius 3 is 2.79 bits per heavy atom. The standard InChI is InChI=1S/C14H18ClN3O/c1-3-16-8-11-5-6-12(7-14(11)15)19-13-9-17-18(4-2)10-13/h5-7,9-10,16H,3-4,8H2,1-2H3. The monoisotopic (exact) mass is 279 g/mol. The van der Waals surface area contributed by atoms with Crippen LogP contribution in [-0.4, -0.2) is 16.3 Å². The van der Waals surface area contributed by atoms with Crippen molar-refractivity contribution < 1.29 is 4.74 Å². The summed E-state index contributed by atoms with van der Waals surface area (Å²) in [5.74, 6) is 1.44. The molecule has 0 saturated carbocycles. The molecule has 1 aromatic heterocycles. The smallest absolute Gasteiger partial charge is 0.165 e. The molecule has 0 spiro atoms. The van der Waals surface area contributed by atoms with Gasteiger partial charge >= 0.3 is 0 Å². The van der Waals surface area contributed by atoms with Gasteiger partial charge in [0.1, 0.15) is 5.75 Å². The van der Waals surface area contributed by atoms with Crippen molar-refractivity contribution >= 4 is 11.6 Å². The minimum absolute atomic E-state index is 0.710. The maximum Gasteiger partial charge on any atom is 0.165 e. The van der Waals surface area contributed by atoms with Gasteiger partial charge in [-0.3, -0.25) is 4.68 Å². The molecule has 19 heavy (non-hydrogen) atoms. The van der Waals surface area contributed by atoms with Crippen molar-refractivity contribution in [3.05, 3.63) is 41.2 Å². The number of benzene rings is 1. The van der Waals surface area contributed by atoms with E-state index in [2.05, 4.69) is 17.3 Å². The lowest BCUT2D eigenvalue weighted by Gasteiger charge is -2.08. The second kappa shape index (κ2) is 6.59. The molecule has 2 rings (SSSR count). The highest BCUT2D eigenvalue weighted by Crippen LogP contribution is 2.26. The van der Waals surface area contributed by atoms with E-state index in [1.807, 2.05) is 36.0 Å². The Kier molecular flexibility index (Phi) is 4.82. The van der Waals surface area contributed by atoms with Crippen molar-refractivity contribution in [3.8, 4) is 11.5 Å². The summed E-state index contributed by atoms with van der Waals surface area (Å²) in [6, 6.07) is 5.73. The van der Waals surface area contributed by atoms with Crippen LogP contribution < -0.4 is 10.1 Å². The second-order valence-corrected chi connectivity index (χ2v) is 4.57. The minimum atomic E-state index is 0.710. The molecule has 5 heteroatoms. The van der Waals surface area contributed by atoms with Crippen LogP contribution in [0.5, 0.6) is 11.5 Å². The van der Waals surface area contributed by atoms with Crippen LogP contribution >= 0.6 is 11.6 Å². The summed E-state index contributed by atoms with van der Waals surface area (Å²) in [5.41, 5.74) is 1.07. The van der Waals surface area contributed by atoms with Gasteiger partial charge in [0.05, 0.1) is 12.4 Å². The summed E-state index contributed by atoms with van der Waals surface area (Å²) >= 11 is 6.22. The van der Waals surface area contributed by atoms with Crippen molar-refractivity contribution in [2.45, 2.75) is 26.9 Å². The van der Waals surface area contributed by atoms with Crippen LogP contribution in [0.3, 0.4) is 0 Å². The first kappa shape index (κ1) is 13.9. The summed E-state index contributed by atoms with van der Waals surface area (Å²) in [7, 11) is 0. The average Bonchev–Trinajstić information content (AvgIpc) is 2.85. The molecule has 102 valence electrons. The van der Waals surface area contributed by atoms with Gasteiger partial charge in [-0.05, 0) is 31.2 Å². The Hall–Kier alpha value is -1.52. The van der Waals surface area contributed by atoms with Crippen molar-refractivity contribution in [2.24, 2.45) is 0 Å².